The molecule has 396 valence electrons. The van der Waals surface area contributed by atoms with Crippen molar-refractivity contribution in [3.8, 4) is 0 Å². The van der Waals surface area contributed by atoms with Crippen LogP contribution in [0.25, 0.3) is 11.2 Å². The minimum absolute atomic E-state index is 0.0237. The van der Waals surface area contributed by atoms with Crippen molar-refractivity contribution < 1.29 is 74.2 Å². The number of nitrogen functional groups attached to an aromatic ring is 2. The van der Waals surface area contributed by atoms with Crippen molar-refractivity contribution in [2.45, 2.75) is 113 Å². The number of ether oxygens (including phenoxy) is 4. The number of aliphatic hydroxyl groups is 8. The van der Waals surface area contributed by atoms with Crippen LogP contribution >= 0.6 is 0 Å². The molecule has 73 heavy (non-hydrogen) atoms. The van der Waals surface area contributed by atoms with Gasteiger partial charge in [-0.3, -0.25) is 14.4 Å². The van der Waals surface area contributed by atoms with Crippen molar-refractivity contribution in [1.29, 1.82) is 0 Å². The maximum Gasteiger partial charge on any atom is 0.251 e. The van der Waals surface area contributed by atoms with E-state index < -0.39 is 98.4 Å². The highest BCUT2D eigenvalue weighted by atomic mass is 16.7. The molecule has 31 heteroatoms. The number of nitrogens with zero attached hydrogens (tertiary/aromatic N) is 11. The zero-order valence-electron chi connectivity index (χ0n) is 39.2. The van der Waals surface area contributed by atoms with Crippen LogP contribution in [-0.4, -0.2) is 209 Å². The largest absolute Gasteiger partial charge is 0.394 e. The number of nitrogens with one attached hydrogen (secondary N) is 3. The van der Waals surface area contributed by atoms with Gasteiger partial charge >= 0.3 is 0 Å². The normalized spacial score (nSPS) is 24.5. The Labute approximate surface area is 414 Å². The van der Waals surface area contributed by atoms with Crippen LogP contribution in [0, 0.1) is 0 Å². The number of fused-ring (bicyclic) bond motifs is 1. The molecule has 1 aromatic carbocycles. The van der Waals surface area contributed by atoms with Crippen molar-refractivity contribution in [2.75, 3.05) is 49.8 Å². The second-order valence-corrected chi connectivity index (χ2v) is 17.0. The molecule has 7 unspecified atom stereocenters. The molecular formula is C42H58N16O15. The van der Waals surface area contributed by atoms with Gasteiger partial charge in [0.2, 0.25) is 17.8 Å². The number of amides is 3. The van der Waals surface area contributed by atoms with Crippen LogP contribution in [0.15, 0.2) is 42.9 Å². The van der Waals surface area contributed by atoms with Crippen molar-refractivity contribution in [2.24, 2.45) is 0 Å². The third kappa shape index (κ3) is 13.9. The van der Waals surface area contributed by atoms with Crippen LogP contribution < -0.4 is 32.3 Å². The number of anilines is 3. The smallest absolute Gasteiger partial charge is 0.251 e. The molecule has 2 aliphatic heterocycles. The first-order chi connectivity index (χ1) is 35.0. The first-order valence-corrected chi connectivity index (χ1v) is 22.8. The third-order valence-electron chi connectivity index (χ3n) is 11.7. The lowest BCUT2D eigenvalue weighted by molar-refractivity contribution is -0.301. The van der Waals surface area contributed by atoms with Crippen LogP contribution in [0.4, 0.5) is 17.5 Å². The summed E-state index contributed by atoms with van der Waals surface area (Å²) in [5.41, 5.74) is 14.4. The molecule has 2 aliphatic rings. The zero-order valence-corrected chi connectivity index (χ0v) is 39.2. The van der Waals surface area contributed by atoms with Gasteiger partial charge in [-0.15, -0.1) is 10.2 Å². The molecule has 0 bridgehead atoms. The van der Waals surface area contributed by atoms with Gasteiger partial charge in [-0.05, 0) is 30.7 Å². The molecule has 7 rings (SSSR count). The van der Waals surface area contributed by atoms with E-state index in [0.29, 0.717) is 34.8 Å². The molecule has 11 atom stereocenters. The number of aliphatic hydroxyl groups excluding tert-OH is 8. The maximum absolute atomic E-state index is 13.7. The molecule has 4 aromatic heterocycles. The number of hydrogen-bond acceptors (Lipinski definition) is 26. The van der Waals surface area contributed by atoms with Crippen molar-refractivity contribution in [3.63, 3.8) is 0 Å². The molecular weight excluding hydrogens is 969 g/mol. The molecule has 0 saturated carbocycles. The highest BCUT2D eigenvalue weighted by molar-refractivity contribution is 5.98. The van der Waals surface area contributed by atoms with E-state index in [1.807, 2.05) is 4.90 Å². The number of nitrogens with two attached hydrogens (primary N) is 2. The fraction of sp³-hybridized carbons (Fsp3) is 0.548. The summed E-state index contributed by atoms with van der Waals surface area (Å²) >= 11 is 0. The Hall–Kier alpha value is -6.75. The molecule has 2 saturated heterocycles. The molecule has 3 amide bonds. The predicted molar refractivity (Wildman–Crippen MR) is 246 cm³/mol. The quantitative estimate of drug-likeness (QED) is 0.0289. The van der Waals surface area contributed by atoms with E-state index in [1.54, 1.807) is 31.3 Å². The van der Waals surface area contributed by atoms with E-state index in [9.17, 15) is 55.2 Å². The van der Waals surface area contributed by atoms with Gasteiger partial charge in [-0.25, -0.2) is 19.3 Å². The molecule has 2 fully saturated rings. The molecule has 5 aromatic rings. The Bertz CT molecular complexity index is 2630. The van der Waals surface area contributed by atoms with E-state index in [-0.39, 0.29) is 75.2 Å². The molecule has 0 spiro atoms. The van der Waals surface area contributed by atoms with Gasteiger partial charge in [-0.2, -0.15) is 9.97 Å². The SMILES string of the molecule is CN(Cc1cnc2nc(N)nc(N)c2n1)c1ccc(C(=O)NC(CCC(=O)NCc2cn(CCO[C@@H]3OC(CO)[C@@H](O)C(O)C3O)nn2)C(=O)NCc2cn(CCO[C@@H]3OC(CO)[C@@H](O)C(O)C3O)nn2)cc1. The van der Waals surface area contributed by atoms with Crippen LogP contribution in [0.2, 0.25) is 0 Å². The summed E-state index contributed by atoms with van der Waals surface area (Å²) in [6.07, 6.45) is -10.1. The highest BCUT2D eigenvalue weighted by Gasteiger charge is 2.45. The predicted octanol–water partition coefficient (Wildman–Crippen LogP) is -6.45. The van der Waals surface area contributed by atoms with Gasteiger partial charge in [0.25, 0.3) is 5.91 Å². The molecule has 31 nitrogen and oxygen atoms in total. The Morgan fingerprint density at radius 1 is 0.753 bits per heavy atom. The Kier molecular flexibility index (Phi) is 18.3. The Morgan fingerprint density at radius 2 is 1.32 bits per heavy atom. The monoisotopic (exact) mass is 1030 g/mol. The van der Waals surface area contributed by atoms with Crippen LogP contribution in [0.5, 0.6) is 0 Å². The van der Waals surface area contributed by atoms with Gasteiger partial charge in [0.1, 0.15) is 66.3 Å². The highest BCUT2D eigenvalue weighted by Crippen LogP contribution is 2.24. The summed E-state index contributed by atoms with van der Waals surface area (Å²) in [4.78, 5) is 59.1. The van der Waals surface area contributed by atoms with E-state index in [4.69, 9.17) is 30.4 Å². The number of hydrogen-bond donors (Lipinski definition) is 13. The van der Waals surface area contributed by atoms with Gasteiger partial charge in [-0.1, -0.05) is 10.4 Å². The summed E-state index contributed by atoms with van der Waals surface area (Å²) in [5.74, 6) is -1.67. The van der Waals surface area contributed by atoms with Crippen molar-refractivity contribution in [1.82, 2.24) is 65.9 Å². The third-order valence-corrected chi connectivity index (χ3v) is 11.7. The van der Waals surface area contributed by atoms with E-state index in [0.717, 1.165) is 0 Å². The lowest BCUT2D eigenvalue weighted by Gasteiger charge is -2.39. The van der Waals surface area contributed by atoms with Gasteiger partial charge in [0.15, 0.2) is 29.6 Å². The second kappa shape index (κ2) is 24.8. The summed E-state index contributed by atoms with van der Waals surface area (Å²) in [6, 6.07) is 5.32. The van der Waals surface area contributed by atoms with E-state index in [2.05, 4.69) is 56.5 Å². The van der Waals surface area contributed by atoms with Crippen molar-refractivity contribution >= 4 is 46.3 Å². The lowest BCUT2D eigenvalue weighted by atomic mass is 9.99. The Balaban J connectivity index is 0.927. The molecule has 6 heterocycles. The molecule has 15 N–H and O–H groups in total. The molecule has 0 aliphatic carbocycles. The lowest BCUT2D eigenvalue weighted by Crippen LogP contribution is -2.59. The number of rotatable bonds is 23. The number of carbonyl (C=O) groups is 3. The average Bonchev–Trinajstić information content (AvgIpc) is 4.05. The minimum Gasteiger partial charge on any atom is -0.394 e. The second-order valence-electron chi connectivity index (χ2n) is 17.0. The van der Waals surface area contributed by atoms with Crippen LogP contribution in [0.3, 0.4) is 0 Å². The van der Waals surface area contributed by atoms with Gasteiger partial charge in [0.05, 0.1) is 83.4 Å². The first-order valence-electron chi connectivity index (χ1n) is 22.8. The summed E-state index contributed by atoms with van der Waals surface area (Å²) in [7, 11) is 1.81. The number of carbonyl (C=O) groups excluding carboxylic acids is 3. The van der Waals surface area contributed by atoms with Crippen molar-refractivity contribution in [3.05, 3.63) is 65.5 Å². The van der Waals surface area contributed by atoms with Gasteiger partial charge in [0, 0.05) is 24.7 Å². The fourth-order valence-corrected chi connectivity index (χ4v) is 7.62. The summed E-state index contributed by atoms with van der Waals surface area (Å²) < 4.78 is 24.5. The van der Waals surface area contributed by atoms with Gasteiger partial charge < -0.3 is 92.1 Å². The zero-order chi connectivity index (χ0) is 52.3. The number of benzene rings is 1. The number of aromatic nitrogens is 10. The summed E-state index contributed by atoms with van der Waals surface area (Å²) in [5, 5.41) is 103. The molecule has 0 radical (unpaired) electrons. The maximum atomic E-state index is 13.7. The average molecular weight is 1030 g/mol. The fourth-order valence-electron chi connectivity index (χ4n) is 7.62. The first kappa shape index (κ1) is 54.0. The van der Waals surface area contributed by atoms with Crippen LogP contribution in [-0.2, 0) is 61.3 Å². The summed E-state index contributed by atoms with van der Waals surface area (Å²) in [6.45, 7) is -1.06. The van der Waals surface area contributed by atoms with Crippen LogP contribution in [0.1, 0.15) is 40.3 Å². The standard InChI is InChI=1S/C42H58N16O15/c1-56(15-21-12-46-37-29(48-21)36(43)50-42(44)51-37)24-4-2-20(3-5-24)38(68)49-25(39(69)47-14-23-17-58(55-53-23)9-11-71-41-35(67)33(65)31(63)27(19-60)73-41)6-7-28(61)45-13-22-16-57(54-52-22)8-10-70-40-34(66)32(64)30(62)26(18-59)72-40/h2-5,12,16-17,25-27,30-35,40-41,59-60,62-67H,6-11,13-15,18-19H2,1H3,(H,45,61)(H,47,69)(H,49,68)(H4,43,44,46,50,51)/t25?,26?,27?,30-,31-,32?,33?,34?,35?,40-,41-/m1/s1. The van der Waals surface area contributed by atoms with E-state index >= 15 is 0 Å². The topological polar surface area (TPSA) is 454 Å². The minimum atomic E-state index is -1.61. The van der Waals surface area contributed by atoms with E-state index in [1.165, 1.54) is 28.0 Å². The Morgan fingerprint density at radius 3 is 1.88 bits per heavy atom.